The number of halogens is 5. The second kappa shape index (κ2) is 7.42. The first-order chi connectivity index (χ1) is 13.8. The molecule has 1 unspecified atom stereocenters. The van der Waals surface area contributed by atoms with E-state index in [0.29, 0.717) is 24.2 Å². The van der Waals surface area contributed by atoms with Crippen LogP contribution in [0.4, 0.5) is 22.0 Å². The first-order valence-electron chi connectivity index (χ1n) is 8.99. The van der Waals surface area contributed by atoms with Gasteiger partial charge in [-0.25, -0.2) is 22.0 Å². The molecular weight excluding hydrogens is 391 g/mol. The molecule has 0 fully saturated rings. The molecule has 0 bridgehead atoms. The third kappa shape index (κ3) is 3.66. The van der Waals surface area contributed by atoms with Crippen molar-refractivity contribution in [3.8, 4) is 11.1 Å². The highest BCUT2D eigenvalue weighted by atomic mass is 19.2. The van der Waals surface area contributed by atoms with E-state index >= 15 is 0 Å². The Morgan fingerprint density at radius 2 is 1.72 bits per heavy atom. The van der Waals surface area contributed by atoms with Crippen LogP contribution in [0, 0.1) is 35.0 Å². The van der Waals surface area contributed by atoms with Gasteiger partial charge in [-0.3, -0.25) is 9.48 Å². The minimum absolute atomic E-state index is 0.0512. The van der Waals surface area contributed by atoms with Crippen LogP contribution in [0.3, 0.4) is 0 Å². The molecule has 3 nitrogen and oxygen atoms in total. The molecule has 2 heterocycles. The number of rotatable bonds is 4. The van der Waals surface area contributed by atoms with Crippen LogP contribution >= 0.6 is 0 Å². The molecule has 0 spiro atoms. The van der Waals surface area contributed by atoms with Crippen molar-refractivity contribution in [2.24, 2.45) is 5.92 Å². The number of carbonyl (C=O) groups is 1. The maximum absolute atomic E-state index is 14.2. The van der Waals surface area contributed by atoms with Gasteiger partial charge in [-0.2, -0.15) is 5.10 Å². The van der Waals surface area contributed by atoms with Crippen LogP contribution in [0.25, 0.3) is 11.1 Å². The van der Waals surface area contributed by atoms with E-state index in [1.165, 1.54) is 12.3 Å². The van der Waals surface area contributed by atoms with Crippen LogP contribution in [0.5, 0.6) is 0 Å². The molecule has 29 heavy (non-hydrogen) atoms. The largest absolute Gasteiger partial charge is 0.299 e. The molecule has 1 aliphatic rings. The van der Waals surface area contributed by atoms with E-state index in [9.17, 15) is 26.7 Å². The maximum Gasteiger partial charge on any atom is 0.194 e. The zero-order valence-corrected chi connectivity index (χ0v) is 15.1. The van der Waals surface area contributed by atoms with Crippen LogP contribution in [-0.4, -0.2) is 15.6 Å². The number of nitrogens with zero attached hydrogens (tertiary/aromatic N) is 2. The Bertz CT molecular complexity index is 1090. The molecule has 150 valence electrons. The minimum Gasteiger partial charge on any atom is -0.299 e. The summed E-state index contributed by atoms with van der Waals surface area (Å²) in [6.07, 6.45) is 1.96. The average molecular weight is 406 g/mol. The molecule has 0 N–H and O–H groups in total. The van der Waals surface area contributed by atoms with Crippen molar-refractivity contribution in [3.05, 3.63) is 76.9 Å². The Labute approximate surface area is 162 Å². The van der Waals surface area contributed by atoms with E-state index in [-0.39, 0.29) is 29.8 Å². The summed E-state index contributed by atoms with van der Waals surface area (Å²) in [5, 5.41) is 4.21. The van der Waals surface area contributed by atoms with Crippen molar-refractivity contribution in [1.82, 2.24) is 9.78 Å². The highest BCUT2D eigenvalue weighted by Gasteiger charge is 2.28. The summed E-state index contributed by atoms with van der Waals surface area (Å²) in [7, 11) is 0. The lowest BCUT2D eigenvalue weighted by Gasteiger charge is -2.23. The van der Waals surface area contributed by atoms with E-state index in [0.717, 1.165) is 24.3 Å². The van der Waals surface area contributed by atoms with Crippen LogP contribution in [0.1, 0.15) is 17.7 Å². The molecular formula is C21H15F5N2O. The predicted molar refractivity (Wildman–Crippen MR) is 94.4 cm³/mol. The molecule has 3 aromatic rings. The van der Waals surface area contributed by atoms with Crippen molar-refractivity contribution >= 4 is 5.78 Å². The molecule has 1 atom stereocenters. The van der Waals surface area contributed by atoms with Crippen LogP contribution in [0.15, 0.2) is 36.5 Å². The van der Waals surface area contributed by atoms with Gasteiger partial charge in [0.2, 0.25) is 0 Å². The molecule has 4 rings (SSSR count). The Kier molecular flexibility index (Phi) is 4.94. The minimum atomic E-state index is -1.58. The quantitative estimate of drug-likeness (QED) is 0.468. The van der Waals surface area contributed by atoms with Crippen molar-refractivity contribution in [1.29, 1.82) is 0 Å². The summed E-state index contributed by atoms with van der Waals surface area (Å²) in [4.78, 5) is 12.7. The van der Waals surface area contributed by atoms with Gasteiger partial charge in [-0.1, -0.05) is 0 Å². The number of ketones is 1. The van der Waals surface area contributed by atoms with E-state index in [1.807, 2.05) is 0 Å². The van der Waals surface area contributed by atoms with Gasteiger partial charge >= 0.3 is 0 Å². The number of benzene rings is 2. The summed E-state index contributed by atoms with van der Waals surface area (Å²) in [5.74, 6) is -6.41. The zero-order chi connectivity index (χ0) is 20.7. The number of aromatic nitrogens is 2. The predicted octanol–water partition coefficient (Wildman–Crippen LogP) is 4.62. The van der Waals surface area contributed by atoms with Gasteiger partial charge in [-0.15, -0.1) is 0 Å². The van der Waals surface area contributed by atoms with Crippen LogP contribution in [-0.2, 0) is 24.2 Å². The SMILES string of the molecule is O=C(Cc1cc(F)c(F)c(F)c1)C1CCn2ncc(-c3ccc(F)cc3F)c2C1. The monoisotopic (exact) mass is 406 g/mol. The van der Waals surface area contributed by atoms with E-state index < -0.39 is 35.0 Å². The number of Topliss-reactive ketones (excluding diaryl/α,β-unsaturated/α-hetero) is 1. The smallest absolute Gasteiger partial charge is 0.194 e. The summed E-state index contributed by atoms with van der Waals surface area (Å²) in [5.41, 5.74) is 1.34. The summed E-state index contributed by atoms with van der Waals surface area (Å²) < 4.78 is 68.9. The van der Waals surface area contributed by atoms with Crippen LogP contribution < -0.4 is 0 Å². The molecule has 1 aromatic heterocycles. The second-order valence-electron chi connectivity index (χ2n) is 7.06. The van der Waals surface area contributed by atoms with Crippen LogP contribution in [0.2, 0.25) is 0 Å². The van der Waals surface area contributed by atoms with Crippen molar-refractivity contribution in [2.45, 2.75) is 25.8 Å². The standard InChI is InChI=1S/C21H15F5N2O/c22-13-1-2-14(16(23)9-13)15-10-27-28-4-3-12(8-19(15)28)20(29)7-11-5-17(24)21(26)18(25)6-11/h1-2,5-6,9-10,12H,3-4,7-8H2. The number of fused-ring (bicyclic) bond motifs is 1. The van der Waals surface area contributed by atoms with Gasteiger partial charge in [0.15, 0.2) is 17.5 Å². The number of hydrogen-bond donors (Lipinski definition) is 0. The first kappa shape index (κ1) is 19.3. The topological polar surface area (TPSA) is 34.9 Å². The summed E-state index contributed by atoms with van der Waals surface area (Å²) in [6, 6.07) is 4.86. The second-order valence-corrected chi connectivity index (χ2v) is 7.06. The fourth-order valence-electron chi connectivity index (χ4n) is 3.70. The van der Waals surface area contributed by atoms with E-state index in [2.05, 4.69) is 5.10 Å². The third-order valence-corrected chi connectivity index (χ3v) is 5.18. The molecule has 0 saturated carbocycles. The van der Waals surface area contributed by atoms with Gasteiger partial charge in [0.05, 0.1) is 6.20 Å². The summed E-state index contributed by atoms with van der Waals surface area (Å²) >= 11 is 0. The molecule has 0 radical (unpaired) electrons. The Hall–Kier alpha value is -3.03. The number of aryl methyl sites for hydroxylation is 1. The zero-order valence-electron chi connectivity index (χ0n) is 15.1. The Morgan fingerprint density at radius 1 is 1.00 bits per heavy atom. The normalized spacial score (nSPS) is 16.0. The number of carbonyl (C=O) groups excluding carboxylic acids is 1. The Morgan fingerprint density at radius 3 is 2.41 bits per heavy atom. The highest BCUT2D eigenvalue weighted by Crippen LogP contribution is 2.32. The van der Waals surface area contributed by atoms with Crippen molar-refractivity contribution in [2.75, 3.05) is 0 Å². The molecule has 8 heteroatoms. The molecule has 0 amide bonds. The lowest BCUT2D eigenvalue weighted by atomic mass is 9.87. The van der Waals surface area contributed by atoms with Gasteiger partial charge in [0.1, 0.15) is 17.4 Å². The van der Waals surface area contributed by atoms with Crippen molar-refractivity contribution < 1.29 is 26.7 Å². The molecule has 2 aromatic carbocycles. The maximum atomic E-state index is 14.2. The molecule has 0 saturated heterocycles. The lowest BCUT2D eigenvalue weighted by Crippen LogP contribution is -2.27. The molecule has 1 aliphatic heterocycles. The third-order valence-electron chi connectivity index (χ3n) is 5.18. The van der Waals surface area contributed by atoms with Crippen molar-refractivity contribution in [3.63, 3.8) is 0 Å². The van der Waals surface area contributed by atoms with Gasteiger partial charge in [0.25, 0.3) is 0 Å². The van der Waals surface area contributed by atoms with Gasteiger partial charge in [0, 0.05) is 41.8 Å². The number of hydrogen-bond acceptors (Lipinski definition) is 2. The Balaban J connectivity index is 1.57. The fourth-order valence-corrected chi connectivity index (χ4v) is 3.70. The average Bonchev–Trinajstić information content (AvgIpc) is 3.09. The van der Waals surface area contributed by atoms with Gasteiger partial charge < -0.3 is 0 Å². The lowest BCUT2D eigenvalue weighted by molar-refractivity contribution is -0.122. The summed E-state index contributed by atoms with van der Waals surface area (Å²) in [6.45, 7) is 0.417. The van der Waals surface area contributed by atoms with Gasteiger partial charge in [-0.05, 0) is 42.7 Å². The van der Waals surface area contributed by atoms with E-state index in [1.54, 1.807) is 4.68 Å². The first-order valence-corrected chi connectivity index (χ1v) is 8.99. The van der Waals surface area contributed by atoms with E-state index in [4.69, 9.17) is 0 Å². The molecule has 0 aliphatic carbocycles. The fraction of sp³-hybridized carbons (Fsp3) is 0.238. The highest BCUT2D eigenvalue weighted by molar-refractivity contribution is 5.84.